The first-order valence-electron chi connectivity index (χ1n) is 12.7. The van der Waals surface area contributed by atoms with E-state index >= 15 is 0 Å². The summed E-state index contributed by atoms with van der Waals surface area (Å²) >= 11 is 0. The van der Waals surface area contributed by atoms with Crippen LogP contribution in [0.5, 0.6) is 0 Å². The number of nitrogens with one attached hydrogen (secondary N) is 1. The Labute approximate surface area is 190 Å². The maximum absolute atomic E-state index is 12.5. The second-order valence-corrected chi connectivity index (χ2v) is 8.58. The van der Waals surface area contributed by atoms with Crippen LogP contribution in [0.4, 0.5) is 5.69 Å². The van der Waals surface area contributed by atoms with E-state index in [1.165, 1.54) is 70.6 Å². The molecule has 0 saturated heterocycles. The third kappa shape index (κ3) is 14.0. The maximum atomic E-state index is 12.5. The summed E-state index contributed by atoms with van der Waals surface area (Å²) in [5.74, 6) is -0.388. The summed E-state index contributed by atoms with van der Waals surface area (Å²) in [5, 5.41) is 2.89. The second kappa shape index (κ2) is 18.9. The first-order chi connectivity index (χ1) is 15.2. The van der Waals surface area contributed by atoms with Crippen molar-refractivity contribution in [2.45, 2.75) is 117 Å². The highest BCUT2D eigenvalue weighted by molar-refractivity contribution is 6.01. The van der Waals surface area contributed by atoms with Gasteiger partial charge in [0.2, 0.25) is 5.91 Å². The van der Waals surface area contributed by atoms with E-state index in [0.29, 0.717) is 24.3 Å². The van der Waals surface area contributed by atoms with Gasteiger partial charge >= 0.3 is 5.97 Å². The normalized spacial score (nSPS) is 10.8. The van der Waals surface area contributed by atoms with Crippen LogP contribution in [0.3, 0.4) is 0 Å². The zero-order chi connectivity index (χ0) is 22.6. The van der Waals surface area contributed by atoms with Gasteiger partial charge in [0.25, 0.3) is 0 Å². The smallest absolute Gasteiger partial charge is 0.340 e. The Balaban J connectivity index is 2.21. The quantitative estimate of drug-likeness (QED) is 0.178. The average molecular weight is 432 g/mol. The summed E-state index contributed by atoms with van der Waals surface area (Å²) in [6.07, 6.45) is 18.6. The van der Waals surface area contributed by atoms with Crippen molar-refractivity contribution in [3.8, 4) is 0 Å². The third-order valence-electron chi connectivity index (χ3n) is 5.66. The summed E-state index contributed by atoms with van der Waals surface area (Å²) in [5.41, 5.74) is 0.989. The highest BCUT2D eigenvalue weighted by atomic mass is 16.5. The number of ether oxygens (including phenoxy) is 1. The van der Waals surface area contributed by atoms with E-state index < -0.39 is 0 Å². The van der Waals surface area contributed by atoms with Gasteiger partial charge in [0.1, 0.15) is 0 Å². The number of hydrogen-bond donors (Lipinski definition) is 1. The Kier molecular flexibility index (Phi) is 16.6. The van der Waals surface area contributed by atoms with E-state index in [9.17, 15) is 9.59 Å². The molecule has 0 heterocycles. The standard InChI is InChI=1S/C27H45NO3/c1-3-5-7-9-10-11-12-13-15-19-23-31-27(30)24-20-17-18-21-25(24)28-26(29)22-16-14-8-6-4-2/h17-18,20-21H,3-16,19,22-23H2,1-2H3,(H,28,29). The molecule has 0 aliphatic carbocycles. The zero-order valence-electron chi connectivity index (χ0n) is 20.1. The van der Waals surface area contributed by atoms with Crippen LogP contribution >= 0.6 is 0 Å². The summed E-state index contributed by atoms with van der Waals surface area (Å²) < 4.78 is 5.46. The van der Waals surface area contributed by atoms with E-state index in [1.807, 2.05) is 6.07 Å². The molecule has 1 amide bonds. The predicted molar refractivity (Wildman–Crippen MR) is 131 cm³/mol. The number of benzene rings is 1. The van der Waals surface area contributed by atoms with E-state index in [2.05, 4.69) is 19.2 Å². The van der Waals surface area contributed by atoms with Gasteiger partial charge in [0.05, 0.1) is 17.9 Å². The largest absolute Gasteiger partial charge is 0.462 e. The van der Waals surface area contributed by atoms with Crippen molar-refractivity contribution in [1.29, 1.82) is 0 Å². The van der Waals surface area contributed by atoms with Crippen LogP contribution in [-0.2, 0) is 9.53 Å². The fraction of sp³-hybridized carbons (Fsp3) is 0.704. The number of rotatable bonds is 19. The van der Waals surface area contributed by atoms with Crippen molar-refractivity contribution < 1.29 is 14.3 Å². The van der Waals surface area contributed by atoms with Crippen LogP contribution < -0.4 is 5.32 Å². The number of carbonyl (C=O) groups excluding carboxylic acids is 2. The minimum atomic E-state index is -0.352. The van der Waals surface area contributed by atoms with Gasteiger partial charge in [-0.3, -0.25) is 4.79 Å². The first-order valence-corrected chi connectivity index (χ1v) is 12.7. The van der Waals surface area contributed by atoms with Gasteiger partial charge < -0.3 is 10.1 Å². The zero-order valence-corrected chi connectivity index (χ0v) is 20.1. The number of amides is 1. The fourth-order valence-electron chi connectivity index (χ4n) is 3.70. The van der Waals surface area contributed by atoms with Crippen molar-refractivity contribution in [3.05, 3.63) is 29.8 Å². The van der Waals surface area contributed by atoms with Crippen LogP contribution in [-0.4, -0.2) is 18.5 Å². The topological polar surface area (TPSA) is 55.4 Å². The van der Waals surface area contributed by atoms with E-state index in [-0.39, 0.29) is 11.9 Å². The molecule has 4 heteroatoms. The molecule has 1 aromatic carbocycles. The molecule has 0 aliphatic rings. The predicted octanol–water partition coefficient (Wildman–Crippen LogP) is 8.06. The molecule has 0 fully saturated rings. The number of unbranched alkanes of at least 4 members (excludes halogenated alkanes) is 13. The molecule has 0 atom stereocenters. The van der Waals surface area contributed by atoms with E-state index in [1.54, 1.807) is 18.2 Å². The van der Waals surface area contributed by atoms with Crippen molar-refractivity contribution in [2.75, 3.05) is 11.9 Å². The van der Waals surface area contributed by atoms with Crippen molar-refractivity contribution in [2.24, 2.45) is 0 Å². The molecular formula is C27H45NO3. The molecular weight excluding hydrogens is 386 g/mol. The SMILES string of the molecule is CCCCCCCCCCCCOC(=O)c1ccccc1NC(=O)CCCCCCC. The van der Waals surface area contributed by atoms with Crippen LogP contribution in [0.25, 0.3) is 0 Å². The molecule has 0 saturated carbocycles. The molecule has 31 heavy (non-hydrogen) atoms. The molecule has 4 nitrogen and oxygen atoms in total. The van der Waals surface area contributed by atoms with Crippen molar-refractivity contribution in [1.82, 2.24) is 0 Å². The Morgan fingerprint density at radius 3 is 1.84 bits per heavy atom. The van der Waals surface area contributed by atoms with Gasteiger partial charge in [-0.05, 0) is 25.0 Å². The monoisotopic (exact) mass is 431 g/mol. The van der Waals surface area contributed by atoms with Gasteiger partial charge in [-0.15, -0.1) is 0 Å². The Bertz CT molecular complexity index is 600. The number of carbonyl (C=O) groups is 2. The molecule has 176 valence electrons. The van der Waals surface area contributed by atoms with Crippen molar-refractivity contribution >= 4 is 17.6 Å². The van der Waals surface area contributed by atoms with Crippen LogP contribution in [0, 0.1) is 0 Å². The van der Waals surface area contributed by atoms with Crippen LogP contribution in [0.15, 0.2) is 24.3 Å². The lowest BCUT2D eigenvalue weighted by Gasteiger charge is -2.11. The summed E-state index contributed by atoms with van der Waals surface area (Å²) in [6.45, 7) is 4.87. The maximum Gasteiger partial charge on any atom is 0.340 e. The minimum absolute atomic E-state index is 0.0357. The summed E-state index contributed by atoms with van der Waals surface area (Å²) in [4.78, 5) is 24.7. The molecule has 0 unspecified atom stereocenters. The highest BCUT2D eigenvalue weighted by Crippen LogP contribution is 2.18. The number of para-hydroxylation sites is 1. The minimum Gasteiger partial charge on any atom is -0.462 e. The fourth-order valence-corrected chi connectivity index (χ4v) is 3.70. The van der Waals surface area contributed by atoms with Crippen LogP contribution in [0.2, 0.25) is 0 Å². The van der Waals surface area contributed by atoms with E-state index in [0.717, 1.165) is 25.7 Å². The Morgan fingerprint density at radius 2 is 1.23 bits per heavy atom. The Morgan fingerprint density at radius 1 is 0.710 bits per heavy atom. The average Bonchev–Trinajstić information content (AvgIpc) is 2.77. The summed E-state index contributed by atoms with van der Waals surface area (Å²) in [7, 11) is 0. The number of esters is 1. The van der Waals surface area contributed by atoms with Gasteiger partial charge in [0.15, 0.2) is 0 Å². The molecule has 0 bridgehead atoms. The first kappa shape index (κ1) is 27.2. The second-order valence-electron chi connectivity index (χ2n) is 8.58. The lowest BCUT2D eigenvalue weighted by atomic mass is 10.1. The Hall–Kier alpha value is -1.84. The van der Waals surface area contributed by atoms with Gasteiger partial charge in [0, 0.05) is 6.42 Å². The third-order valence-corrected chi connectivity index (χ3v) is 5.66. The number of anilines is 1. The van der Waals surface area contributed by atoms with Crippen molar-refractivity contribution in [3.63, 3.8) is 0 Å². The van der Waals surface area contributed by atoms with Gasteiger partial charge in [-0.2, -0.15) is 0 Å². The molecule has 0 radical (unpaired) electrons. The molecule has 1 N–H and O–H groups in total. The van der Waals surface area contributed by atoms with Gasteiger partial charge in [-0.1, -0.05) is 109 Å². The van der Waals surface area contributed by atoms with Crippen LogP contribution in [0.1, 0.15) is 127 Å². The molecule has 0 aromatic heterocycles. The lowest BCUT2D eigenvalue weighted by Crippen LogP contribution is -2.15. The highest BCUT2D eigenvalue weighted by Gasteiger charge is 2.14. The van der Waals surface area contributed by atoms with Gasteiger partial charge in [-0.25, -0.2) is 4.79 Å². The molecule has 0 spiro atoms. The van der Waals surface area contributed by atoms with E-state index in [4.69, 9.17) is 4.74 Å². The summed E-state index contributed by atoms with van der Waals surface area (Å²) in [6, 6.07) is 7.12. The lowest BCUT2D eigenvalue weighted by molar-refractivity contribution is -0.116. The molecule has 1 rings (SSSR count). The molecule has 1 aromatic rings. The number of hydrogen-bond acceptors (Lipinski definition) is 3. The molecule has 0 aliphatic heterocycles.